The first-order valence-corrected chi connectivity index (χ1v) is 8.38. The van der Waals surface area contributed by atoms with E-state index in [1.807, 2.05) is 6.07 Å². The monoisotopic (exact) mass is 318 g/mol. The van der Waals surface area contributed by atoms with E-state index in [4.69, 9.17) is 9.40 Å². The van der Waals surface area contributed by atoms with Crippen LogP contribution < -0.4 is 0 Å². The van der Waals surface area contributed by atoms with Gasteiger partial charge in [-0.3, -0.25) is 4.40 Å². The molecule has 0 unspecified atom stereocenters. The second-order valence-corrected chi connectivity index (χ2v) is 7.01. The van der Waals surface area contributed by atoms with Crippen molar-refractivity contribution < 1.29 is 4.42 Å². The van der Waals surface area contributed by atoms with E-state index in [0.29, 0.717) is 0 Å². The van der Waals surface area contributed by atoms with Gasteiger partial charge in [0.15, 0.2) is 10.7 Å². The summed E-state index contributed by atoms with van der Waals surface area (Å²) >= 11 is 1.71. The van der Waals surface area contributed by atoms with E-state index < -0.39 is 0 Å². The highest BCUT2D eigenvalue weighted by atomic mass is 32.1. The minimum atomic E-state index is 0.821. The van der Waals surface area contributed by atoms with E-state index in [1.165, 1.54) is 21.3 Å². The van der Waals surface area contributed by atoms with Gasteiger partial charge in [-0.1, -0.05) is 29.0 Å². The molecule has 0 N–H and O–H groups in total. The average molecular weight is 318 g/mol. The summed E-state index contributed by atoms with van der Waals surface area (Å²) in [5.41, 5.74) is 5.49. The second-order valence-electron chi connectivity index (χ2n) is 6.00. The van der Waals surface area contributed by atoms with E-state index >= 15 is 0 Å². The van der Waals surface area contributed by atoms with Crippen molar-refractivity contribution >= 4 is 37.5 Å². The first-order valence-electron chi connectivity index (χ1n) is 7.56. The first-order chi connectivity index (χ1) is 11.2. The van der Waals surface area contributed by atoms with Crippen molar-refractivity contribution in [2.24, 2.45) is 0 Å². The second kappa shape index (κ2) is 4.46. The van der Waals surface area contributed by atoms with E-state index in [-0.39, 0.29) is 0 Å². The molecule has 0 atom stereocenters. The van der Waals surface area contributed by atoms with Gasteiger partial charge in [0.25, 0.3) is 0 Å². The lowest BCUT2D eigenvalue weighted by Gasteiger charge is -1.93. The fourth-order valence-electron chi connectivity index (χ4n) is 3.02. The standard InChI is InChI=1S/C19H14N2OS/c1-11-4-6-16-13(7-11)9-17(22-16)14-10-21-15-5-3-12(2)8-18(15)23-19(21)20-14/h3-10H,1-2H3. The Bertz CT molecular complexity index is 1190. The topological polar surface area (TPSA) is 30.4 Å². The zero-order valence-corrected chi connectivity index (χ0v) is 13.6. The predicted octanol–water partition coefficient (Wildman–Crippen LogP) is 5.58. The van der Waals surface area contributed by atoms with Gasteiger partial charge in [-0.15, -0.1) is 0 Å². The summed E-state index contributed by atoms with van der Waals surface area (Å²) in [6.07, 6.45) is 2.06. The Labute approximate surface area is 136 Å². The van der Waals surface area contributed by atoms with Crippen LogP contribution in [0.2, 0.25) is 0 Å². The van der Waals surface area contributed by atoms with Crippen molar-refractivity contribution in [1.29, 1.82) is 0 Å². The molecule has 3 aromatic heterocycles. The van der Waals surface area contributed by atoms with E-state index in [2.05, 4.69) is 60.8 Å². The van der Waals surface area contributed by atoms with Gasteiger partial charge in [-0.2, -0.15) is 0 Å². The highest BCUT2D eigenvalue weighted by molar-refractivity contribution is 7.23. The van der Waals surface area contributed by atoms with Gasteiger partial charge in [-0.25, -0.2) is 4.98 Å². The number of benzene rings is 2. The van der Waals surface area contributed by atoms with Crippen molar-refractivity contribution in [3.05, 3.63) is 59.8 Å². The number of hydrogen-bond donors (Lipinski definition) is 0. The predicted molar refractivity (Wildman–Crippen MR) is 95.3 cm³/mol. The molecule has 2 aromatic carbocycles. The molecule has 0 amide bonds. The van der Waals surface area contributed by atoms with Crippen molar-refractivity contribution in [2.75, 3.05) is 0 Å². The Balaban J connectivity index is 1.72. The van der Waals surface area contributed by atoms with Crippen molar-refractivity contribution in [3.8, 4) is 11.5 Å². The minimum absolute atomic E-state index is 0.821. The molecule has 3 nitrogen and oxygen atoms in total. The SMILES string of the molecule is Cc1ccc2oc(-c3cn4c(n3)sc3cc(C)ccc34)cc2c1. The maximum Gasteiger partial charge on any atom is 0.195 e. The summed E-state index contributed by atoms with van der Waals surface area (Å²) in [6.45, 7) is 4.20. The number of aryl methyl sites for hydroxylation is 2. The molecular weight excluding hydrogens is 304 g/mol. The minimum Gasteiger partial charge on any atom is -0.454 e. The molecule has 0 radical (unpaired) electrons. The highest BCUT2D eigenvalue weighted by Gasteiger charge is 2.13. The third kappa shape index (κ3) is 1.92. The van der Waals surface area contributed by atoms with Crippen LogP contribution in [0.25, 0.3) is 37.6 Å². The molecule has 5 rings (SSSR count). The van der Waals surface area contributed by atoms with Gasteiger partial charge < -0.3 is 4.42 Å². The Morgan fingerprint density at radius 2 is 1.83 bits per heavy atom. The molecule has 0 spiro atoms. The summed E-state index contributed by atoms with van der Waals surface area (Å²) in [6, 6.07) is 14.8. The van der Waals surface area contributed by atoms with Crippen molar-refractivity contribution in [2.45, 2.75) is 13.8 Å². The number of aromatic nitrogens is 2. The molecule has 0 saturated heterocycles. The number of hydrogen-bond acceptors (Lipinski definition) is 3. The van der Waals surface area contributed by atoms with Crippen LogP contribution in [0.5, 0.6) is 0 Å². The summed E-state index contributed by atoms with van der Waals surface area (Å²) in [7, 11) is 0. The summed E-state index contributed by atoms with van der Waals surface area (Å²) in [4.78, 5) is 5.75. The van der Waals surface area contributed by atoms with E-state index in [9.17, 15) is 0 Å². The molecular formula is C19H14N2OS. The van der Waals surface area contributed by atoms with Crippen LogP contribution >= 0.6 is 11.3 Å². The molecule has 0 aliphatic heterocycles. The lowest BCUT2D eigenvalue weighted by molar-refractivity contribution is 0.629. The molecule has 0 fully saturated rings. The third-order valence-electron chi connectivity index (χ3n) is 4.17. The molecule has 4 heteroatoms. The summed E-state index contributed by atoms with van der Waals surface area (Å²) in [5, 5.41) is 1.12. The van der Waals surface area contributed by atoms with Gasteiger partial charge in [0.05, 0.1) is 10.2 Å². The largest absolute Gasteiger partial charge is 0.454 e. The number of fused-ring (bicyclic) bond motifs is 4. The first kappa shape index (κ1) is 12.9. The Kier molecular flexibility index (Phi) is 2.50. The normalized spacial score (nSPS) is 11.9. The third-order valence-corrected chi connectivity index (χ3v) is 5.19. The fourth-order valence-corrected chi connectivity index (χ4v) is 4.12. The molecule has 0 aliphatic carbocycles. The van der Waals surface area contributed by atoms with Gasteiger partial charge in [0.1, 0.15) is 11.3 Å². The van der Waals surface area contributed by atoms with Gasteiger partial charge >= 0.3 is 0 Å². The highest BCUT2D eigenvalue weighted by Crippen LogP contribution is 2.32. The lowest BCUT2D eigenvalue weighted by Crippen LogP contribution is -1.77. The maximum absolute atomic E-state index is 5.97. The molecule has 5 aromatic rings. The van der Waals surface area contributed by atoms with Gasteiger partial charge in [0, 0.05) is 11.6 Å². The number of imidazole rings is 1. The Morgan fingerprint density at radius 3 is 2.74 bits per heavy atom. The number of furan rings is 1. The molecule has 0 saturated carbocycles. The molecule has 0 bridgehead atoms. The summed E-state index contributed by atoms with van der Waals surface area (Å²) < 4.78 is 9.38. The lowest BCUT2D eigenvalue weighted by atomic mass is 10.2. The molecule has 3 heterocycles. The van der Waals surface area contributed by atoms with Crippen molar-refractivity contribution in [3.63, 3.8) is 0 Å². The van der Waals surface area contributed by atoms with Crippen LogP contribution in [0.1, 0.15) is 11.1 Å². The Hall–Kier alpha value is -2.59. The number of rotatable bonds is 1. The molecule has 0 aliphatic rings. The van der Waals surface area contributed by atoms with Crippen molar-refractivity contribution in [1.82, 2.24) is 9.38 Å². The van der Waals surface area contributed by atoms with Crippen LogP contribution in [-0.2, 0) is 0 Å². The number of nitrogens with zero attached hydrogens (tertiary/aromatic N) is 2. The average Bonchev–Trinajstić information content (AvgIpc) is 3.17. The molecule has 112 valence electrons. The maximum atomic E-state index is 5.97. The Morgan fingerprint density at radius 1 is 1.00 bits per heavy atom. The number of thiazole rings is 1. The quantitative estimate of drug-likeness (QED) is 0.404. The zero-order chi connectivity index (χ0) is 15.6. The van der Waals surface area contributed by atoms with Crippen LogP contribution in [0.4, 0.5) is 0 Å². The van der Waals surface area contributed by atoms with E-state index in [0.717, 1.165) is 27.4 Å². The zero-order valence-electron chi connectivity index (χ0n) is 12.8. The van der Waals surface area contributed by atoms with Gasteiger partial charge in [-0.05, 0) is 49.7 Å². The summed E-state index contributed by atoms with van der Waals surface area (Å²) in [5.74, 6) is 0.821. The molecule has 23 heavy (non-hydrogen) atoms. The van der Waals surface area contributed by atoms with Crippen LogP contribution in [0.3, 0.4) is 0 Å². The fraction of sp³-hybridized carbons (Fsp3) is 0.105. The smallest absolute Gasteiger partial charge is 0.195 e. The van der Waals surface area contributed by atoms with E-state index in [1.54, 1.807) is 11.3 Å². The van der Waals surface area contributed by atoms with Crippen LogP contribution in [0.15, 0.2) is 53.1 Å². The van der Waals surface area contributed by atoms with Crippen LogP contribution in [-0.4, -0.2) is 9.38 Å². The van der Waals surface area contributed by atoms with Crippen LogP contribution in [0, 0.1) is 13.8 Å². The van der Waals surface area contributed by atoms with Gasteiger partial charge in [0.2, 0.25) is 0 Å².